The highest BCUT2D eigenvalue weighted by Gasteiger charge is 2.07. The Bertz CT molecular complexity index is 853. The number of hydrogen-bond donors (Lipinski definition) is 2. The molecule has 0 saturated heterocycles. The van der Waals surface area contributed by atoms with E-state index in [1.165, 1.54) is 6.20 Å². The van der Waals surface area contributed by atoms with E-state index >= 15 is 0 Å². The first kappa shape index (κ1) is 18.0. The Kier molecular flexibility index (Phi) is 5.60. The Morgan fingerprint density at radius 1 is 0.846 bits per heavy atom. The van der Waals surface area contributed by atoms with Crippen LogP contribution in [0.15, 0.2) is 42.6 Å². The number of rotatable bonds is 6. The fourth-order valence-corrected chi connectivity index (χ4v) is 2.70. The molecular formula is C17H15Cl2N5O2. The van der Waals surface area contributed by atoms with Crippen LogP contribution in [-0.2, 0) is 0 Å². The van der Waals surface area contributed by atoms with Crippen molar-refractivity contribution in [1.29, 1.82) is 0 Å². The summed E-state index contributed by atoms with van der Waals surface area (Å²) in [5.41, 5.74) is 1.46. The van der Waals surface area contributed by atoms with E-state index < -0.39 is 0 Å². The number of anilines is 4. The molecule has 0 aliphatic rings. The highest BCUT2D eigenvalue weighted by atomic mass is 35.5. The monoisotopic (exact) mass is 391 g/mol. The lowest BCUT2D eigenvalue weighted by molar-refractivity contribution is 0.415. The van der Waals surface area contributed by atoms with Crippen LogP contribution in [0.2, 0.25) is 10.0 Å². The highest BCUT2D eigenvalue weighted by molar-refractivity contribution is 6.32. The largest absolute Gasteiger partial charge is 0.495 e. The fraction of sp³-hybridized carbons (Fsp3) is 0.118. The second kappa shape index (κ2) is 8.07. The molecule has 0 saturated carbocycles. The van der Waals surface area contributed by atoms with E-state index in [9.17, 15) is 0 Å². The Morgan fingerprint density at radius 3 is 1.96 bits per heavy atom. The maximum atomic E-state index is 6.13. The van der Waals surface area contributed by atoms with Gasteiger partial charge in [0.05, 0.1) is 30.5 Å². The van der Waals surface area contributed by atoms with E-state index in [4.69, 9.17) is 32.7 Å². The van der Waals surface area contributed by atoms with E-state index in [1.54, 1.807) is 44.6 Å². The van der Waals surface area contributed by atoms with Gasteiger partial charge in [-0.15, -0.1) is 5.10 Å². The molecule has 0 atom stereocenters. The summed E-state index contributed by atoms with van der Waals surface area (Å²) in [5, 5.41) is 15.0. The summed E-state index contributed by atoms with van der Waals surface area (Å²) in [7, 11) is 3.12. The van der Waals surface area contributed by atoms with Gasteiger partial charge in [0.2, 0.25) is 5.95 Å². The third-order valence-electron chi connectivity index (χ3n) is 3.39. The average molecular weight is 392 g/mol. The molecule has 9 heteroatoms. The maximum Gasteiger partial charge on any atom is 0.249 e. The molecule has 0 bridgehead atoms. The zero-order valence-electron chi connectivity index (χ0n) is 14.0. The second-order valence-electron chi connectivity index (χ2n) is 5.11. The van der Waals surface area contributed by atoms with Gasteiger partial charge in [-0.25, -0.2) is 0 Å². The minimum Gasteiger partial charge on any atom is -0.495 e. The van der Waals surface area contributed by atoms with Crippen molar-refractivity contribution in [3.63, 3.8) is 0 Å². The molecule has 0 radical (unpaired) electrons. The van der Waals surface area contributed by atoms with Gasteiger partial charge in [0, 0.05) is 11.4 Å². The number of benzene rings is 2. The average Bonchev–Trinajstić information content (AvgIpc) is 2.62. The van der Waals surface area contributed by atoms with Gasteiger partial charge in [-0.2, -0.15) is 10.1 Å². The molecule has 134 valence electrons. The van der Waals surface area contributed by atoms with Crippen molar-refractivity contribution in [2.75, 3.05) is 24.9 Å². The Hall–Kier alpha value is -2.77. The topological polar surface area (TPSA) is 81.2 Å². The molecule has 1 aromatic heterocycles. The molecular weight excluding hydrogens is 377 g/mol. The van der Waals surface area contributed by atoms with Crippen LogP contribution >= 0.6 is 23.2 Å². The molecule has 26 heavy (non-hydrogen) atoms. The summed E-state index contributed by atoms with van der Waals surface area (Å²) in [6.45, 7) is 0. The lowest BCUT2D eigenvalue weighted by Gasteiger charge is -2.10. The van der Waals surface area contributed by atoms with E-state index in [1.807, 2.05) is 6.07 Å². The quantitative estimate of drug-likeness (QED) is 0.630. The number of ether oxygens (including phenoxy) is 2. The van der Waals surface area contributed by atoms with Crippen molar-refractivity contribution in [2.45, 2.75) is 0 Å². The molecule has 2 N–H and O–H groups in total. The molecule has 0 aliphatic carbocycles. The van der Waals surface area contributed by atoms with E-state index in [2.05, 4.69) is 25.8 Å². The molecule has 7 nitrogen and oxygen atoms in total. The summed E-state index contributed by atoms with van der Waals surface area (Å²) < 4.78 is 10.3. The predicted molar refractivity (Wildman–Crippen MR) is 102 cm³/mol. The summed E-state index contributed by atoms with van der Waals surface area (Å²) in [4.78, 5) is 4.36. The van der Waals surface area contributed by atoms with Crippen LogP contribution in [-0.4, -0.2) is 29.4 Å². The lowest BCUT2D eigenvalue weighted by atomic mass is 10.3. The minimum atomic E-state index is 0.316. The van der Waals surface area contributed by atoms with E-state index in [0.717, 1.165) is 5.69 Å². The highest BCUT2D eigenvalue weighted by Crippen LogP contribution is 2.29. The van der Waals surface area contributed by atoms with Crippen LogP contribution in [0.25, 0.3) is 0 Å². The number of nitrogens with zero attached hydrogens (tertiary/aromatic N) is 3. The van der Waals surface area contributed by atoms with Crippen LogP contribution in [0.5, 0.6) is 11.5 Å². The molecule has 0 amide bonds. The Labute approximate surface area is 160 Å². The first-order valence-corrected chi connectivity index (χ1v) is 8.25. The van der Waals surface area contributed by atoms with Crippen molar-refractivity contribution in [3.05, 3.63) is 52.6 Å². The summed E-state index contributed by atoms with van der Waals surface area (Å²) >= 11 is 12.2. The molecule has 3 aromatic rings. The van der Waals surface area contributed by atoms with Crippen molar-refractivity contribution in [2.24, 2.45) is 0 Å². The molecule has 0 fully saturated rings. The third-order valence-corrected chi connectivity index (χ3v) is 3.98. The molecule has 2 aromatic carbocycles. The summed E-state index contributed by atoms with van der Waals surface area (Å²) in [6.07, 6.45) is 1.50. The van der Waals surface area contributed by atoms with Crippen molar-refractivity contribution >= 4 is 46.3 Å². The summed E-state index contributed by atoms with van der Waals surface area (Å²) in [6, 6.07) is 10.6. The Balaban J connectivity index is 1.76. The van der Waals surface area contributed by atoms with Gasteiger partial charge < -0.3 is 20.1 Å². The second-order valence-corrected chi connectivity index (χ2v) is 5.93. The minimum absolute atomic E-state index is 0.316. The first-order valence-electron chi connectivity index (χ1n) is 7.50. The number of nitrogens with one attached hydrogen (secondary N) is 2. The van der Waals surface area contributed by atoms with E-state index in [0.29, 0.717) is 39.0 Å². The van der Waals surface area contributed by atoms with Crippen molar-refractivity contribution in [1.82, 2.24) is 15.2 Å². The van der Waals surface area contributed by atoms with Crippen molar-refractivity contribution < 1.29 is 9.47 Å². The smallest absolute Gasteiger partial charge is 0.249 e. The van der Waals surface area contributed by atoms with Gasteiger partial charge in [0.25, 0.3) is 0 Å². The molecule has 0 spiro atoms. The van der Waals surface area contributed by atoms with Gasteiger partial charge >= 0.3 is 0 Å². The Morgan fingerprint density at radius 2 is 1.42 bits per heavy atom. The maximum absolute atomic E-state index is 6.13. The van der Waals surface area contributed by atoms with Gasteiger partial charge in [0.15, 0.2) is 5.82 Å². The van der Waals surface area contributed by atoms with Crippen LogP contribution in [0.4, 0.5) is 23.1 Å². The SMILES string of the molecule is COc1ccc(Nc2cnnc(Nc3ccc(OC)c(Cl)c3)n2)cc1Cl. The molecule has 0 aliphatic heterocycles. The first-order chi connectivity index (χ1) is 12.6. The summed E-state index contributed by atoms with van der Waals surface area (Å²) in [5.74, 6) is 2.00. The van der Waals surface area contributed by atoms with Gasteiger partial charge in [-0.3, -0.25) is 0 Å². The number of aromatic nitrogens is 3. The fourth-order valence-electron chi connectivity index (χ4n) is 2.18. The predicted octanol–water partition coefficient (Wildman–Crippen LogP) is 4.68. The van der Waals surface area contributed by atoms with Crippen molar-refractivity contribution in [3.8, 4) is 11.5 Å². The molecule has 0 unspecified atom stereocenters. The van der Waals surface area contributed by atoms with Crippen LogP contribution in [0, 0.1) is 0 Å². The number of hydrogen-bond acceptors (Lipinski definition) is 7. The molecule has 1 heterocycles. The normalized spacial score (nSPS) is 10.3. The number of halogens is 2. The van der Waals surface area contributed by atoms with Crippen LogP contribution in [0.1, 0.15) is 0 Å². The number of methoxy groups -OCH3 is 2. The van der Waals surface area contributed by atoms with Crippen LogP contribution in [0.3, 0.4) is 0 Å². The van der Waals surface area contributed by atoms with Gasteiger partial charge in [-0.1, -0.05) is 23.2 Å². The zero-order valence-corrected chi connectivity index (χ0v) is 15.5. The van der Waals surface area contributed by atoms with Gasteiger partial charge in [0.1, 0.15) is 11.5 Å². The third kappa shape index (κ3) is 4.25. The van der Waals surface area contributed by atoms with Gasteiger partial charge in [-0.05, 0) is 36.4 Å². The zero-order chi connectivity index (χ0) is 18.5. The van der Waals surface area contributed by atoms with E-state index in [-0.39, 0.29) is 0 Å². The van der Waals surface area contributed by atoms with Crippen LogP contribution < -0.4 is 20.1 Å². The molecule has 3 rings (SSSR count). The standard InChI is InChI=1S/C17H15Cl2N5O2/c1-25-14-5-3-10(7-12(14)18)21-16-9-20-24-17(23-16)22-11-4-6-15(26-2)13(19)8-11/h3-9H,1-2H3,(H2,21,22,23,24). The lowest BCUT2D eigenvalue weighted by Crippen LogP contribution is -2.02.